The van der Waals surface area contributed by atoms with Gasteiger partial charge in [0.2, 0.25) is 0 Å². The van der Waals surface area contributed by atoms with Crippen molar-refractivity contribution in [2.75, 3.05) is 26.7 Å². The van der Waals surface area contributed by atoms with E-state index in [2.05, 4.69) is 41.8 Å². The number of likely N-dealkylation sites (tertiary alicyclic amines) is 1. The standard InChI is InChI=1S/C25H33N3O2/c1-19-14-21-16-22(17-26(3)18-23-8-7-13-30-23)25(29)28(24(21)15-20(19)2)12-11-27-9-5-4-6-10-27/h7-8,13-16H,4-6,9-12,17-18H2,1-3H3. The number of aryl methyl sites for hydroxylation is 2. The van der Waals surface area contributed by atoms with Crippen LogP contribution >= 0.6 is 0 Å². The lowest BCUT2D eigenvalue weighted by atomic mass is 10.0. The third-order valence-electron chi connectivity index (χ3n) is 6.32. The van der Waals surface area contributed by atoms with Gasteiger partial charge in [0.1, 0.15) is 5.76 Å². The van der Waals surface area contributed by atoms with E-state index in [1.165, 1.54) is 30.4 Å². The van der Waals surface area contributed by atoms with Crippen LogP contribution in [-0.2, 0) is 19.6 Å². The van der Waals surface area contributed by atoms with Crippen LogP contribution in [-0.4, -0.2) is 41.0 Å². The van der Waals surface area contributed by atoms with Crippen molar-refractivity contribution in [2.45, 2.75) is 52.7 Å². The lowest BCUT2D eigenvalue weighted by Crippen LogP contribution is -2.36. The van der Waals surface area contributed by atoms with Gasteiger partial charge < -0.3 is 13.9 Å². The molecule has 2 aromatic heterocycles. The number of nitrogens with zero attached hydrogens (tertiary/aromatic N) is 3. The fourth-order valence-electron chi connectivity index (χ4n) is 4.48. The Bertz CT molecular complexity index is 1050. The van der Waals surface area contributed by atoms with Crippen molar-refractivity contribution in [1.82, 2.24) is 14.4 Å². The summed E-state index contributed by atoms with van der Waals surface area (Å²) in [5, 5.41) is 1.15. The first-order chi connectivity index (χ1) is 14.5. The number of aromatic nitrogens is 1. The number of furan rings is 1. The van der Waals surface area contributed by atoms with Crippen LogP contribution in [0.1, 0.15) is 41.7 Å². The van der Waals surface area contributed by atoms with Crippen LogP contribution in [0.25, 0.3) is 10.9 Å². The molecule has 4 rings (SSSR count). The maximum atomic E-state index is 13.5. The summed E-state index contributed by atoms with van der Waals surface area (Å²) in [4.78, 5) is 18.1. The second-order valence-corrected chi connectivity index (χ2v) is 8.78. The van der Waals surface area contributed by atoms with Gasteiger partial charge in [-0.25, -0.2) is 0 Å². The van der Waals surface area contributed by atoms with Crippen molar-refractivity contribution < 1.29 is 4.42 Å². The highest BCUT2D eigenvalue weighted by Gasteiger charge is 2.15. The highest BCUT2D eigenvalue weighted by Crippen LogP contribution is 2.20. The summed E-state index contributed by atoms with van der Waals surface area (Å²) in [5.74, 6) is 0.912. The average molecular weight is 408 g/mol. The molecule has 3 heterocycles. The largest absolute Gasteiger partial charge is 0.468 e. The molecule has 30 heavy (non-hydrogen) atoms. The number of fused-ring (bicyclic) bond motifs is 1. The van der Waals surface area contributed by atoms with Crippen LogP contribution in [0, 0.1) is 13.8 Å². The van der Waals surface area contributed by atoms with Crippen LogP contribution in [0.2, 0.25) is 0 Å². The zero-order chi connectivity index (χ0) is 21.1. The molecule has 0 radical (unpaired) electrons. The molecule has 0 unspecified atom stereocenters. The fraction of sp³-hybridized carbons (Fsp3) is 0.480. The molecule has 5 heteroatoms. The minimum absolute atomic E-state index is 0.133. The molecule has 1 saturated heterocycles. The highest BCUT2D eigenvalue weighted by atomic mass is 16.3. The molecule has 5 nitrogen and oxygen atoms in total. The third kappa shape index (κ3) is 4.68. The lowest BCUT2D eigenvalue weighted by Gasteiger charge is -2.27. The second-order valence-electron chi connectivity index (χ2n) is 8.78. The number of hydrogen-bond donors (Lipinski definition) is 0. The summed E-state index contributed by atoms with van der Waals surface area (Å²) in [6.07, 6.45) is 5.56. The van der Waals surface area contributed by atoms with E-state index in [0.29, 0.717) is 13.1 Å². The maximum Gasteiger partial charge on any atom is 0.255 e. The Labute approximate surface area is 178 Å². The monoisotopic (exact) mass is 407 g/mol. The first kappa shape index (κ1) is 20.9. The van der Waals surface area contributed by atoms with E-state index in [4.69, 9.17) is 4.42 Å². The van der Waals surface area contributed by atoms with Gasteiger partial charge in [0.25, 0.3) is 5.56 Å². The van der Waals surface area contributed by atoms with Gasteiger partial charge in [-0.15, -0.1) is 0 Å². The van der Waals surface area contributed by atoms with E-state index in [0.717, 1.165) is 48.4 Å². The minimum atomic E-state index is 0.133. The summed E-state index contributed by atoms with van der Waals surface area (Å²) >= 11 is 0. The highest BCUT2D eigenvalue weighted by molar-refractivity contribution is 5.81. The van der Waals surface area contributed by atoms with Crippen LogP contribution in [0.4, 0.5) is 0 Å². The predicted molar refractivity (Wildman–Crippen MR) is 122 cm³/mol. The number of piperidine rings is 1. The lowest BCUT2D eigenvalue weighted by molar-refractivity contribution is 0.220. The SMILES string of the molecule is Cc1cc2cc(CN(C)Cc3ccco3)c(=O)n(CCN3CCCCC3)c2cc1C. The van der Waals surface area contributed by atoms with Crippen molar-refractivity contribution in [3.63, 3.8) is 0 Å². The van der Waals surface area contributed by atoms with Gasteiger partial charge >= 0.3 is 0 Å². The Hall–Kier alpha value is -2.37. The molecule has 0 aliphatic carbocycles. The molecule has 0 atom stereocenters. The molecule has 0 N–H and O–H groups in total. The summed E-state index contributed by atoms with van der Waals surface area (Å²) < 4.78 is 7.48. The van der Waals surface area contributed by atoms with Crippen LogP contribution in [0.5, 0.6) is 0 Å². The molecule has 160 valence electrons. The molecule has 0 amide bonds. The molecule has 1 aromatic carbocycles. The van der Waals surface area contributed by atoms with Crippen molar-refractivity contribution in [3.05, 3.63) is 69.4 Å². The maximum absolute atomic E-state index is 13.5. The smallest absolute Gasteiger partial charge is 0.255 e. The van der Waals surface area contributed by atoms with Gasteiger partial charge in [-0.2, -0.15) is 0 Å². The van der Waals surface area contributed by atoms with Gasteiger partial charge in [0.05, 0.1) is 18.3 Å². The van der Waals surface area contributed by atoms with Crippen LogP contribution < -0.4 is 5.56 Å². The van der Waals surface area contributed by atoms with Crippen molar-refractivity contribution in [3.8, 4) is 0 Å². The quantitative estimate of drug-likeness (QED) is 0.585. The molecule has 3 aromatic rings. The molecule has 1 aliphatic heterocycles. The molecule has 0 spiro atoms. The van der Waals surface area contributed by atoms with Gasteiger partial charge in [0.15, 0.2) is 0 Å². The van der Waals surface area contributed by atoms with E-state index in [-0.39, 0.29) is 5.56 Å². The van der Waals surface area contributed by atoms with E-state index >= 15 is 0 Å². The van der Waals surface area contributed by atoms with E-state index in [1.54, 1.807) is 6.26 Å². The normalized spacial score (nSPS) is 15.3. The average Bonchev–Trinajstić information content (AvgIpc) is 3.23. The van der Waals surface area contributed by atoms with E-state index in [9.17, 15) is 4.79 Å². The van der Waals surface area contributed by atoms with Gasteiger partial charge in [-0.3, -0.25) is 9.69 Å². The van der Waals surface area contributed by atoms with Gasteiger partial charge in [-0.05, 0) is 93.7 Å². The topological polar surface area (TPSA) is 41.6 Å². The van der Waals surface area contributed by atoms with Gasteiger partial charge in [0, 0.05) is 25.2 Å². The summed E-state index contributed by atoms with van der Waals surface area (Å²) in [5.41, 5.74) is 4.53. The molecular weight excluding hydrogens is 374 g/mol. The number of benzene rings is 1. The first-order valence-corrected chi connectivity index (χ1v) is 11.1. The van der Waals surface area contributed by atoms with Crippen LogP contribution in [0.3, 0.4) is 0 Å². The molecule has 0 bridgehead atoms. The van der Waals surface area contributed by atoms with Crippen molar-refractivity contribution in [1.29, 1.82) is 0 Å². The van der Waals surface area contributed by atoms with Crippen molar-refractivity contribution in [2.24, 2.45) is 0 Å². The Morgan fingerprint density at radius 1 is 1.00 bits per heavy atom. The summed E-state index contributed by atoms with van der Waals surface area (Å²) in [6, 6.07) is 10.4. The van der Waals surface area contributed by atoms with Gasteiger partial charge in [-0.1, -0.05) is 6.42 Å². The molecule has 1 fully saturated rings. The Morgan fingerprint density at radius 2 is 1.77 bits per heavy atom. The Kier molecular flexibility index (Phi) is 6.40. The van der Waals surface area contributed by atoms with E-state index in [1.807, 2.05) is 23.7 Å². The number of rotatable bonds is 7. The van der Waals surface area contributed by atoms with Crippen molar-refractivity contribution >= 4 is 10.9 Å². The van der Waals surface area contributed by atoms with Crippen LogP contribution in [0.15, 0.2) is 45.8 Å². The minimum Gasteiger partial charge on any atom is -0.468 e. The summed E-state index contributed by atoms with van der Waals surface area (Å²) in [6.45, 7) is 9.53. The third-order valence-corrected chi connectivity index (χ3v) is 6.32. The molecule has 0 saturated carbocycles. The zero-order valence-corrected chi connectivity index (χ0v) is 18.5. The predicted octanol–water partition coefficient (Wildman–Crippen LogP) is 4.33. The first-order valence-electron chi connectivity index (χ1n) is 11.1. The molecule has 1 aliphatic rings. The number of pyridine rings is 1. The van der Waals surface area contributed by atoms with E-state index < -0.39 is 0 Å². The second kappa shape index (κ2) is 9.19. The number of hydrogen-bond acceptors (Lipinski definition) is 4. The fourth-order valence-corrected chi connectivity index (χ4v) is 4.48. The zero-order valence-electron chi connectivity index (χ0n) is 18.5. The Morgan fingerprint density at radius 3 is 2.50 bits per heavy atom. The summed E-state index contributed by atoms with van der Waals surface area (Å²) in [7, 11) is 2.03. The molecular formula is C25H33N3O2. The Balaban J connectivity index is 1.64.